The molecule has 0 atom stereocenters. The lowest BCUT2D eigenvalue weighted by Gasteiger charge is -2.06. The molecule has 0 spiro atoms. The molecule has 8 nitrogen and oxygen atoms in total. The van der Waals surface area contributed by atoms with Crippen LogP contribution in [0.1, 0.15) is 17.4 Å². The van der Waals surface area contributed by atoms with Gasteiger partial charge in [0.2, 0.25) is 0 Å². The average molecular weight is 299 g/mol. The van der Waals surface area contributed by atoms with E-state index in [-0.39, 0.29) is 21.8 Å². The zero-order valence-corrected chi connectivity index (χ0v) is 11.9. The van der Waals surface area contributed by atoms with Crippen LogP contribution in [0.25, 0.3) is 11.2 Å². The van der Waals surface area contributed by atoms with Crippen molar-refractivity contribution in [2.75, 3.05) is 5.75 Å². The van der Waals surface area contributed by atoms with Crippen molar-refractivity contribution >= 4 is 27.0 Å². The smallest absolute Gasteiger partial charge is 0.355 e. The maximum atomic E-state index is 12.0. The summed E-state index contributed by atoms with van der Waals surface area (Å²) in [5, 5.41) is 9.13. The predicted octanol–water partition coefficient (Wildman–Crippen LogP) is -0.236. The third-order valence-electron chi connectivity index (χ3n) is 3.12. The minimum Gasteiger partial charge on any atom is -0.476 e. The first-order valence-corrected chi connectivity index (χ1v) is 7.38. The van der Waals surface area contributed by atoms with Crippen molar-refractivity contribution in [3.05, 3.63) is 22.2 Å². The van der Waals surface area contributed by atoms with Crippen LogP contribution in [0, 0.1) is 0 Å². The number of carboxylic acid groups (broad SMARTS) is 1. The Balaban J connectivity index is 3.02. The summed E-state index contributed by atoms with van der Waals surface area (Å²) in [6, 6.07) is 1.19. The zero-order chi connectivity index (χ0) is 15.2. The molecule has 0 aromatic carbocycles. The van der Waals surface area contributed by atoms with Crippen molar-refractivity contribution in [3.8, 4) is 0 Å². The Morgan fingerprint density at radius 2 is 1.95 bits per heavy atom. The molecule has 20 heavy (non-hydrogen) atoms. The number of rotatable bonds is 3. The topological polar surface area (TPSA) is 111 Å². The molecule has 0 aliphatic carbocycles. The van der Waals surface area contributed by atoms with Crippen molar-refractivity contribution in [2.24, 2.45) is 14.1 Å². The molecule has 0 unspecified atom stereocenters. The number of aromatic carboxylic acids is 1. The van der Waals surface area contributed by atoms with Crippen molar-refractivity contribution in [1.29, 1.82) is 0 Å². The minimum atomic E-state index is -3.75. The number of imidazole rings is 1. The second kappa shape index (κ2) is 4.44. The lowest BCUT2D eigenvalue weighted by Crippen LogP contribution is -2.19. The van der Waals surface area contributed by atoms with Gasteiger partial charge in [0.25, 0.3) is 0 Å². The molecule has 2 aromatic heterocycles. The Morgan fingerprint density at radius 1 is 1.35 bits per heavy atom. The molecule has 1 N–H and O–H groups in total. The van der Waals surface area contributed by atoms with Crippen LogP contribution >= 0.6 is 0 Å². The number of hydrogen-bond donors (Lipinski definition) is 1. The standard InChI is InChI=1S/C11H13N3O5S/c1-4-20(18,19)7-5-6-9(12-8(7)10(15)16)14(3)11(17)13(6)2/h5H,4H2,1-3H3,(H,15,16). The maximum Gasteiger partial charge on any atom is 0.355 e. The van der Waals surface area contributed by atoms with Crippen molar-refractivity contribution in [3.63, 3.8) is 0 Å². The van der Waals surface area contributed by atoms with Crippen LogP contribution in [0.5, 0.6) is 0 Å². The summed E-state index contributed by atoms with van der Waals surface area (Å²) in [6.45, 7) is 1.41. The SMILES string of the molecule is CCS(=O)(=O)c1cc2c(nc1C(=O)O)n(C)c(=O)n2C. The van der Waals surface area contributed by atoms with E-state index in [2.05, 4.69) is 4.98 Å². The van der Waals surface area contributed by atoms with Crippen molar-refractivity contribution in [1.82, 2.24) is 14.1 Å². The van der Waals surface area contributed by atoms with Gasteiger partial charge in [0.05, 0.1) is 11.3 Å². The molecule has 2 aromatic rings. The summed E-state index contributed by atoms with van der Waals surface area (Å²) in [5.74, 6) is -1.70. The molecule has 0 amide bonds. The van der Waals surface area contributed by atoms with Gasteiger partial charge >= 0.3 is 11.7 Å². The van der Waals surface area contributed by atoms with Crippen LogP contribution in [0.4, 0.5) is 0 Å². The van der Waals surface area contributed by atoms with E-state index in [0.717, 1.165) is 0 Å². The molecule has 2 heterocycles. The van der Waals surface area contributed by atoms with Gasteiger partial charge in [-0.05, 0) is 6.07 Å². The Morgan fingerprint density at radius 3 is 2.45 bits per heavy atom. The van der Waals surface area contributed by atoms with E-state index in [1.54, 1.807) is 0 Å². The van der Waals surface area contributed by atoms with Gasteiger partial charge in [0.15, 0.2) is 21.2 Å². The first-order chi connectivity index (χ1) is 9.20. The number of carbonyl (C=O) groups is 1. The van der Waals surface area contributed by atoms with E-state index in [1.165, 1.54) is 36.2 Å². The fourth-order valence-electron chi connectivity index (χ4n) is 1.93. The van der Waals surface area contributed by atoms with E-state index >= 15 is 0 Å². The number of carboxylic acids is 1. The summed E-state index contributed by atoms with van der Waals surface area (Å²) in [5.41, 5.74) is -0.574. The quantitative estimate of drug-likeness (QED) is 0.837. The van der Waals surface area contributed by atoms with Crippen LogP contribution in [0.3, 0.4) is 0 Å². The number of pyridine rings is 1. The Bertz CT molecular complexity index is 876. The van der Waals surface area contributed by atoms with Gasteiger partial charge in [0.1, 0.15) is 4.90 Å². The number of sulfone groups is 1. The van der Waals surface area contributed by atoms with Gasteiger partial charge in [-0.15, -0.1) is 0 Å². The molecule has 108 valence electrons. The molecule has 0 saturated heterocycles. The lowest BCUT2D eigenvalue weighted by molar-refractivity contribution is 0.0686. The van der Waals surface area contributed by atoms with Crippen LogP contribution in [-0.4, -0.2) is 39.4 Å². The van der Waals surface area contributed by atoms with Gasteiger partial charge in [-0.25, -0.2) is 23.0 Å². The second-order valence-corrected chi connectivity index (χ2v) is 6.53. The van der Waals surface area contributed by atoms with Gasteiger partial charge in [-0.2, -0.15) is 0 Å². The Labute approximate surface area is 114 Å². The molecular weight excluding hydrogens is 286 g/mol. The molecule has 2 rings (SSSR count). The fraction of sp³-hybridized carbons (Fsp3) is 0.364. The highest BCUT2D eigenvalue weighted by Crippen LogP contribution is 2.21. The fourth-order valence-corrected chi connectivity index (χ4v) is 2.96. The number of nitrogens with zero attached hydrogens (tertiary/aromatic N) is 3. The van der Waals surface area contributed by atoms with E-state index in [9.17, 15) is 18.0 Å². The lowest BCUT2D eigenvalue weighted by atomic mass is 10.3. The summed E-state index contributed by atoms with van der Waals surface area (Å²) >= 11 is 0. The molecule has 0 radical (unpaired) electrons. The molecule has 9 heteroatoms. The Hall–Kier alpha value is -2.16. The van der Waals surface area contributed by atoms with Crippen LogP contribution in [0.2, 0.25) is 0 Å². The first-order valence-electron chi connectivity index (χ1n) is 5.73. The van der Waals surface area contributed by atoms with Crippen LogP contribution in [-0.2, 0) is 23.9 Å². The van der Waals surface area contributed by atoms with Gasteiger partial charge < -0.3 is 5.11 Å². The summed E-state index contributed by atoms with van der Waals surface area (Å²) in [4.78, 5) is 26.5. The largest absolute Gasteiger partial charge is 0.476 e. The highest BCUT2D eigenvalue weighted by molar-refractivity contribution is 7.91. The third kappa shape index (κ3) is 1.90. The predicted molar refractivity (Wildman–Crippen MR) is 70.6 cm³/mol. The van der Waals surface area contributed by atoms with Crippen LogP contribution < -0.4 is 5.69 Å². The van der Waals surface area contributed by atoms with E-state index < -0.39 is 27.2 Å². The van der Waals surface area contributed by atoms with E-state index in [1.807, 2.05) is 0 Å². The van der Waals surface area contributed by atoms with Crippen LogP contribution in [0.15, 0.2) is 15.8 Å². The molecule has 0 aliphatic heterocycles. The summed E-state index contributed by atoms with van der Waals surface area (Å²) in [7, 11) is -0.844. The third-order valence-corrected chi connectivity index (χ3v) is 4.86. The van der Waals surface area contributed by atoms with E-state index in [0.29, 0.717) is 0 Å². The molecule has 0 bridgehead atoms. The van der Waals surface area contributed by atoms with Gasteiger partial charge in [-0.1, -0.05) is 6.92 Å². The maximum absolute atomic E-state index is 12.0. The molecule has 0 aliphatic rings. The van der Waals surface area contributed by atoms with Crippen molar-refractivity contribution in [2.45, 2.75) is 11.8 Å². The summed E-state index contributed by atoms with van der Waals surface area (Å²) in [6.07, 6.45) is 0. The van der Waals surface area contributed by atoms with Crippen molar-refractivity contribution < 1.29 is 18.3 Å². The van der Waals surface area contributed by atoms with Gasteiger partial charge in [0, 0.05) is 14.1 Å². The minimum absolute atomic E-state index is 0.130. The summed E-state index contributed by atoms with van der Waals surface area (Å²) < 4.78 is 26.3. The highest BCUT2D eigenvalue weighted by atomic mass is 32.2. The van der Waals surface area contributed by atoms with E-state index in [4.69, 9.17) is 5.11 Å². The molecule has 0 saturated carbocycles. The number of hydrogen-bond acceptors (Lipinski definition) is 5. The van der Waals surface area contributed by atoms with Gasteiger partial charge in [-0.3, -0.25) is 9.13 Å². The number of aryl methyl sites for hydroxylation is 2. The monoisotopic (exact) mass is 299 g/mol. The highest BCUT2D eigenvalue weighted by Gasteiger charge is 2.25. The Kier molecular flexibility index (Phi) is 3.17. The number of aromatic nitrogens is 3. The average Bonchev–Trinajstić information content (AvgIpc) is 2.62. The second-order valence-electron chi connectivity index (χ2n) is 4.29. The normalized spacial score (nSPS) is 11.9. The molecule has 0 fully saturated rings. The number of fused-ring (bicyclic) bond motifs is 1. The molecular formula is C11H13N3O5S. The first kappa shape index (κ1) is 14.3. The zero-order valence-electron chi connectivity index (χ0n) is 11.1.